The zero-order valence-electron chi connectivity index (χ0n) is 24.1. The number of carbonyl (C=O) groups excluding carboxylic acids is 1. The summed E-state index contributed by atoms with van der Waals surface area (Å²) in [5, 5.41) is 15.6. The lowest BCUT2D eigenvalue weighted by atomic mass is 10.1. The van der Waals surface area contributed by atoms with Gasteiger partial charge >= 0.3 is 0 Å². The first kappa shape index (κ1) is 34.0. The molecule has 0 saturated carbocycles. The number of morpholine rings is 1. The maximum atomic E-state index is 13.7. The molecule has 11 nitrogen and oxygen atoms in total. The highest BCUT2D eigenvalue weighted by atomic mass is 79.9. The zero-order chi connectivity index (χ0) is 31.9. The van der Waals surface area contributed by atoms with Gasteiger partial charge < -0.3 is 19.7 Å². The summed E-state index contributed by atoms with van der Waals surface area (Å²) < 4.78 is 39.5. The van der Waals surface area contributed by atoms with Gasteiger partial charge in [0.25, 0.3) is 5.69 Å². The summed E-state index contributed by atoms with van der Waals surface area (Å²) >= 11 is 11.1. The number of anilines is 1. The number of halogens is 2. The first-order valence-electron chi connectivity index (χ1n) is 13.6. The molecule has 1 aliphatic rings. The standard InChI is InChI=1S/C29H32BrClN4O7S2/c1-33(19-20-5-3-4-6-27(20)42-28-10-7-21(31)17-23(28)30)29(36)25(11-16-43-2)32-24-9-8-22(18-26(24)35(37)38)44(39,40)34-12-14-41-15-13-34/h3-10,17-18,25,32H,11-16,19H2,1-2H3. The number of thioether (sulfide) groups is 1. The Morgan fingerprint density at radius 3 is 2.59 bits per heavy atom. The van der Waals surface area contributed by atoms with Gasteiger partial charge in [-0.15, -0.1) is 0 Å². The number of para-hydroxylation sites is 1. The van der Waals surface area contributed by atoms with Crippen LogP contribution in [0, 0.1) is 10.1 Å². The smallest absolute Gasteiger partial charge is 0.293 e. The number of hydrogen-bond acceptors (Lipinski definition) is 9. The average Bonchev–Trinajstić information content (AvgIpc) is 3.01. The maximum absolute atomic E-state index is 13.7. The molecule has 3 aromatic carbocycles. The van der Waals surface area contributed by atoms with Crippen molar-refractivity contribution in [3.63, 3.8) is 0 Å². The Morgan fingerprint density at radius 1 is 1.18 bits per heavy atom. The van der Waals surface area contributed by atoms with Crippen LogP contribution in [0.1, 0.15) is 12.0 Å². The highest BCUT2D eigenvalue weighted by molar-refractivity contribution is 9.10. The summed E-state index contributed by atoms with van der Waals surface area (Å²) in [5.74, 6) is 1.43. The number of likely N-dealkylation sites (N-methyl/N-ethyl adjacent to an activating group) is 1. The monoisotopic (exact) mass is 726 g/mol. The number of nitrogens with zero attached hydrogens (tertiary/aromatic N) is 3. The van der Waals surface area contributed by atoms with Gasteiger partial charge in [0.2, 0.25) is 15.9 Å². The number of nitro groups is 1. The van der Waals surface area contributed by atoms with E-state index in [4.69, 9.17) is 21.1 Å². The molecule has 1 N–H and O–H groups in total. The topological polar surface area (TPSA) is 131 Å². The van der Waals surface area contributed by atoms with E-state index in [-0.39, 0.29) is 49.3 Å². The number of ether oxygens (including phenoxy) is 2. The van der Waals surface area contributed by atoms with E-state index in [1.165, 1.54) is 33.1 Å². The summed E-state index contributed by atoms with van der Waals surface area (Å²) in [6, 6.07) is 15.4. The molecule has 15 heteroatoms. The minimum atomic E-state index is -3.95. The van der Waals surface area contributed by atoms with Crippen LogP contribution in [0.15, 0.2) is 70.0 Å². The predicted octanol–water partition coefficient (Wildman–Crippen LogP) is 6.02. The molecule has 0 aromatic heterocycles. The normalized spacial score (nSPS) is 14.5. The number of hydrogen-bond donors (Lipinski definition) is 1. The van der Waals surface area contributed by atoms with Gasteiger partial charge in [0.15, 0.2) is 0 Å². The third kappa shape index (κ3) is 8.43. The molecule has 4 rings (SSSR count). The number of amides is 1. The Labute approximate surface area is 274 Å². The minimum absolute atomic E-state index is 0.0557. The van der Waals surface area contributed by atoms with E-state index in [9.17, 15) is 23.3 Å². The van der Waals surface area contributed by atoms with Crippen LogP contribution in [0.3, 0.4) is 0 Å². The molecule has 1 amide bonds. The van der Waals surface area contributed by atoms with Crippen LogP contribution in [-0.2, 0) is 26.1 Å². The summed E-state index contributed by atoms with van der Waals surface area (Å²) in [6.45, 7) is 1.04. The fourth-order valence-corrected chi connectivity index (χ4v) is 7.24. The molecule has 0 aliphatic carbocycles. The first-order chi connectivity index (χ1) is 21.0. The van der Waals surface area contributed by atoms with Crippen molar-refractivity contribution in [1.29, 1.82) is 0 Å². The van der Waals surface area contributed by atoms with Crippen molar-refractivity contribution in [2.75, 3.05) is 50.7 Å². The fourth-order valence-electron chi connectivity index (χ4n) is 4.57. The lowest BCUT2D eigenvalue weighted by molar-refractivity contribution is -0.384. The maximum Gasteiger partial charge on any atom is 0.293 e. The van der Waals surface area contributed by atoms with Crippen molar-refractivity contribution in [2.24, 2.45) is 0 Å². The van der Waals surface area contributed by atoms with Gasteiger partial charge in [-0.05, 0) is 70.8 Å². The first-order valence-corrected chi connectivity index (χ1v) is 17.6. The van der Waals surface area contributed by atoms with Gasteiger partial charge in [-0.1, -0.05) is 29.8 Å². The summed E-state index contributed by atoms with van der Waals surface area (Å²) in [4.78, 5) is 26.5. The number of benzene rings is 3. The fraction of sp³-hybridized carbons (Fsp3) is 0.345. The van der Waals surface area contributed by atoms with Crippen LogP contribution in [0.5, 0.6) is 11.5 Å². The molecular formula is C29H32BrClN4O7S2. The third-order valence-corrected chi connectivity index (χ3v) is 10.3. The molecule has 1 unspecified atom stereocenters. The second-order valence-corrected chi connectivity index (χ2v) is 14.1. The highest BCUT2D eigenvalue weighted by Gasteiger charge is 2.31. The number of nitrogens with one attached hydrogen (secondary N) is 1. The Kier molecular flexibility index (Phi) is 11.9. The van der Waals surface area contributed by atoms with Crippen LogP contribution >= 0.6 is 39.3 Å². The van der Waals surface area contributed by atoms with Crippen LogP contribution < -0.4 is 10.1 Å². The molecule has 0 radical (unpaired) electrons. The van der Waals surface area contributed by atoms with E-state index in [0.717, 1.165) is 11.6 Å². The zero-order valence-corrected chi connectivity index (χ0v) is 28.0. The van der Waals surface area contributed by atoms with E-state index in [1.54, 1.807) is 31.3 Å². The Bertz CT molecular complexity index is 1610. The van der Waals surface area contributed by atoms with Crippen molar-refractivity contribution in [1.82, 2.24) is 9.21 Å². The van der Waals surface area contributed by atoms with Crippen molar-refractivity contribution < 1.29 is 27.6 Å². The molecule has 1 atom stereocenters. The second-order valence-electron chi connectivity index (χ2n) is 9.91. The average molecular weight is 728 g/mol. The number of nitro benzene ring substituents is 1. The molecule has 236 valence electrons. The van der Waals surface area contributed by atoms with Crippen LogP contribution in [-0.4, -0.2) is 79.9 Å². The Balaban J connectivity index is 1.55. The minimum Gasteiger partial charge on any atom is -0.456 e. The van der Waals surface area contributed by atoms with Crippen LogP contribution in [0.25, 0.3) is 0 Å². The second kappa shape index (κ2) is 15.4. The highest BCUT2D eigenvalue weighted by Crippen LogP contribution is 2.34. The largest absolute Gasteiger partial charge is 0.456 e. The molecule has 1 aliphatic heterocycles. The van der Waals surface area contributed by atoms with Crippen molar-refractivity contribution >= 4 is 66.6 Å². The lowest BCUT2D eigenvalue weighted by Gasteiger charge is -2.27. The molecule has 0 bridgehead atoms. The van der Waals surface area contributed by atoms with Gasteiger partial charge in [-0.25, -0.2) is 8.42 Å². The SMILES string of the molecule is CSCCC(Nc1ccc(S(=O)(=O)N2CCOCC2)cc1[N+](=O)[O-])C(=O)N(C)Cc1ccccc1Oc1ccc(Cl)cc1Br. The number of rotatable bonds is 13. The Morgan fingerprint density at radius 2 is 1.91 bits per heavy atom. The van der Waals surface area contributed by atoms with Crippen molar-refractivity contribution in [2.45, 2.75) is 23.9 Å². The van der Waals surface area contributed by atoms with E-state index in [2.05, 4.69) is 21.2 Å². The molecule has 1 saturated heterocycles. The van der Waals surface area contributed by atoms with Gasteiger partial charge in [-0.3, -0.25) is 14.9 Å². The quantitative estimate of drug-likeness (QED) is 0.166. The third-order valence-electron chi connectivity index (χ3n) is 6.88. The molecule has 3 aromatic rings. The summed E-state index contributed by atoms with van der Waals surface area (Å²) in [5.41, 5.74) is 0.369. The number of carbonyl (C=O) groups is 1. The van der Waals surface area contributed by atoms with E-state index < -0.39 is 26.7 Å². The van der Waals surface area contributed by atoms with E-state index in [1.807, 2.05) is 24.5 Å². The lowest BCUT2D eigenvalue weighted by Crippen LogP contribution is -2.41. The molecule has 1 fully saturated rings. The van der Waals surface area contributed by atoms with Gasteiger partial charge in [0.05, 0.1) is 27.5 Å². The van der Waals surface area contributed by atoms with Gasteiger partial charge in [-0.2, -0.15) is 16.1 Å². The summed E-state index contributed by atoms with van der Waals surface area (Å²) in [6.07, 6.45) is 2.28. The molecule has 1 heterocycles. The van der Waals surface area contributed by atoms with Gasteiger partial charge in [0.1, 0.15) is 23.2 Å². The van der Waals surface area contributed by atoms with Crippen molar-refractivity contribution in [3.8, 4) is 11.5 Å². The van der Waals surface area contributed by atoms with E-state index in [0.29, 0.717) is 33.2 Å². The van der Waals surface area contributed by atoms with Crippen LogP contribution in [0.4, 0.5) is 11.4 Å². The molecule has 44 heavy (non-hydrogen) atoms. The summed E-state index contributed by atoms with van der Waals surface area (Å²) in [7, 11) is -2.30. The van der Waals surface area contributed by atoms with Crippen molar-refractivity contribution in [3.05, 3.63) is 85.8 Å². The van der Waals surface area contributed by atoms with Crippen LogP contribution in [0.2, 0.25) is 5.02 Å². The molecule has 0 spiro atoms. The number of sulfonamides is 1. The predicted molar refractivity (Wildman–Crippen MR) is 175 cm³/mol. The Hall–Kier alpha value is -2.88. The van der Waals surface area contributed by atoms with E-state index >= 15 is 0 Å². The van der Waals surface area contributed by atoms with Gasteiger partial charge in [0, 0.05) is 43.3 Å². The molecular weight excluding hydrogens is 696 g/mol.